The first-order valence-electron chi connectivity index (χ1n) is 10.0. The number of nitrogens with one attached hydrogen (secondary N) is 2. The molecule has 0 atom stereocenters. The minimum atomic E-state index is -0.128. The summed E-state index contributed by atoms with van der Waals surface area (Å²) in [6.07, 6.45) is 2.06. The summed E-state index contributed by atoms with van der Waals surface area (Å²) >= 11 is 0. The van der Waals surface area contributed by atoms with Gasteiger partial charge in [0.2, 0.25) is 11.8 Å². The van der Waals surface area contributed by atoms with Gasteiger partial charge in [0.1, 0.15) is 5.82 Å². The first-order chi connectivity index (χ1) is 14.0. The second-order valence-electron chi connectivity index (χ2n) is 7.26. The van der Waals surface area contributed by atoms with E-state index in [0.717, 1.165) is 37.6 Å². The first-order valence-corrected chi connectivity index (χ1v) is 10.0. The van der Waals surface area contributed by atoms with Crippen molar-refractivity contribution in [3.05, 3.63) is 53.7 Å². The van der Waals surface area contributed by atoms with Crippen LogP contribution in [0.2, 0.25) is 0 Å². The molecule has 7 nitrogen and oxygen atoms in total. The van der Waals surface area contributed by atoms with Crippen LogP contribution in [0.5, 0.6) is 0 Å². The van der Waals surface area contributed by atoms with Gasteiger partial charge in [-0.05, 0) is 24.6 Å². The van der Waals surface area contributed by atoms with Crippen molar-refractivity contribution in [2.45, 2.75) is 26.8 Å². The van der Waals surface area contributed by atoms with E-state index in [1.54, 1.807) is 6.20 Å². The summed E-state index contributed by atoms with van der Waals surface area (Å²) in [5, 5.41) is 5.56. The SMILES string of the molecule is CC(=O)NCCC(=O)NCc1cccnc1N1CCN(c2ccccc2C)CC1. The molecular formula is C22H29N5O2. The number of nitrogens with zero attached hydrogens (tertiary/aromatic N) is 3. The van der Waals surface area contributed by atoms with Crippen molar-refractivity contribution in [3.8, 4) is 0 Å². The maximum atomic E-state index is 12.0. The number of amides is 2. The lowest BCUT2D eigenvalue weighted by Crippen LogP contribution is -2.47. The molecular weight excluding hydrogens is 366 g/mol. The van der Waals surface area contributed by atoms with Crippen LogP contribution in [0.1, 0.15) is 24.5 Å². The lowest BCUT2D eigenvalue weighted by atomic mass is 10.1. The predicted octanol–water partition coefficient (Wildman–Crippen LogP) is 1.86. The van der Waals surface area contributed by atoms with E-state index in [1.807, 2.05) is 12.1 Å². The van der Waals surface area contributed by atoms with Crippen molar-refractivity contribution in [2.75, 3.05) is 42.5 Å². The van der Waals surface area contributed by atoms with Gasteiger partial charge in [0.25, 0.3) is 0 Å². The Bertz CT molecular complexity index is 847. The predicted molar refractivity (Wildman–Crippen MR) is 115 cm³/mol. The van der Waals surface area contributed by atoms with Gasteiger partial charge in [-0.3, -0.25) is 9.59 Å². The minimum absolute atomic E-state index is 0.0853. The standard InChI is InChI=1S/C22H29N5O2/c1-17-6-3-4-8-20(17)26-12-14-27(15-13-26)22-19(7-5-10-24-22)16-25-21(29)9-11-23-18(2)28/h3-8,10H,9,11-16H2,1-2H3,(H,23,28)(H,25,29). The molecule has 1 fully saturated rings. The number of rotatable bonds is 7. The van der Waals surface area contributed by atoms with E-state index in [1.165, 1.54) is 18.2 Å². The summed E-state index contributed by atoms with van der Waals surface area (Å²) in [5.41, 5.74) is 3.59. The zero-order chi connectivity index (χ0) is 20.6. The molecule has 2 aromatic rings. The Morgan fingerprint density at radius 3 is 2.45 bits per heavy atom. The molecule has 2 N–H and O–H groups in total. The first kappa shape index (κ1) is 20.6. The molecule has 0 radical (unpaired) electrons. The number of para-hydroxylation sites is 1. The Morgan fingerprint density at radius 1 is 1.00 bits per heavy atom. The van der Waals surface area contributed by atoms with Gasteiger partial charge in [0.15, 0.2) is 0 Å². The molecule has 154 valence electrons. The van der Waals surface area contributed by atoms with Gasteiger partial charge in [0.05, 0.1) is 0 Å². The fraction of sp³-hybridized carbons (Fsp3) is 0.409. The number of benzene rings is 1. The number of carbonyl (C=O) groups is 2. The van der Waals surface area contributed by atoms with E-state index in [-0.39, 0.29) is 18.2 Å². The highest BCUT2D eigenvalue weighted by atomic mass is 16.2. The van der Waals surface area contributed by atoms with Crippen molar-refractivity contribution in [2.24, 2.45) is 0 Å². The molecule has 0 unspecified atom stereocenters. The van der Waals surface area contributed by atoms with Crippen LogP contribution in [-0.4, -0.2) is 49.5 Å². The fourth-order valence-electron chi connectivity index (χ4n) is 3.56. The van der Waals surface area contributed by atoms with E-state index in [4.69, 9.17) is 0 Å². The van der Waals surface area contributed by atoms with E-state index >= 15 is 0 Å². The normalized spacial score (nSPS) is 13.9. The van der Waals surface area contributed by atoms with Crippen LogP contribution in [-0.2, 0) is 16.1 Å². The van der Waals surface area contributed by atoms with Gasteiger partial charge in [-0.1, -0.05) is 24.3 Å². The van der Waals surface area contributed by atoms with Crippen LogP contribution in [0.4, 0.5) is 11.5 Å². The molecule has 1 saturated heterocycles. The number of hydrogen-bond acceptors (Lipinski definition) is 5. The molecule has 2 heterocycles. The highest BCUT2D eigenvalue weighted by Crippen LogP contribution is 2.24. The Labute approximate surface area is 172 Å². The summed E-state index contributed by atoms with van der Waals surface area (Å²) in [5.74, 6) is 0.717. The molecule has 1 aromatic heterocycles. The second kappa shape index (κ2) is 9.91. The Kier molecular flexibility index (Phi) is 7.05. The Morgan fingerprint density at radius 2 is 1.72 bits per heavy atom. The van der Waals surface area contributed by atoms with Crippen LogP contribution in [0.25, 0.3) is 0 Å². The number of aromatic nitrogens is 1. The van der Waals surface area contributed by atoms with Crippen molar-refractivity contribution < 1.29 is 9.59 Å². The van der Waals surface area contributed by atoms with Gasteiger partial charge in [-0.15, -0.1) is 0 Å². The minimum Gasteiger partial charge on any atom is -0.368 e. The molecule has 0 bridgehead atoms. The Balaban J connectivity index is 1.56. The summed E-state index contributed by atoms with van der Waals surface area (Å²) < 4.78 is 0. The molecule has 7 heteroatoms. The summed E-state index contributed by atoms with van der Waals surface area (Å²) in [7, 11) is 0. The van der Waals surface area contributed by atoms with Gasteiger partial charge in [-0.2, -0.15) is 0 Å². The number of hydrogen-bond donors (Lipinski definition) is 2. The largest absolute Gasteiger partial charge is 0.368 e. The lowest BCUT2D eigenvalue weighted by Gasteiger charge is -2.38. The second-order valence-corrected chi connectivity index (χ2v) is 7.26. The number of carbonyl (C=O) groups excluding carboxylic acids is 2. The Hall–Kier alpha value is -3.09. The maximum Gasteiger partial charge on any atom is 0.222 e. The third-order valence-electron chi connectivity index (χ3n) is 5.10. The zero-order valence-corrected chi connectivity index (χ0v) is 17.1. The van der Waals surface area contributed by atoms with E-state index in [2.05, 4.69) is 56.6 Å². The molecule has 1 aliphatic rings. The molecule has 1 aromatic carbocycles. The summed E-state index contributed by atoms with van der Waals surface area (Å²) in [6, 6.07) is 12.4. The van der Waals surface area contributed by atoms with Crippen LogP contribution < -0.4 is 20.4 Å². The molecule has 0 saturated carbocycles. The monoisotopic (exact) mass is 395 g/mol. The van der Waals surface area contributed by atoms with E-state index in [9.17, 15) is 9.59 Å². The topological polar surface area (TPSA) is 77.6 Å². The van der Waals surface area contributed by atoms with E-state index < -0.39 is 0 Å². The van der Waals surface area contributed by atoms with Crippen LogP contribution in [0, 0.1) is 6.92 Å². The smallest absolute Gasteiger partial charge is 0.222 e. The van der Waals surface area contributed by atoms with Crippen LogP contribution in [0.3, 0.4) is 0 Å². The number of piperazine rings is 1. The quantitative estimate of drug-likeness (QED) is 0.748. The molecule has 3 rings (SSSR count). The average molecular weight is 396 g/mol. The lowest BCUT2D eigenvalue weighted by molar-refractivity contribution is -0.121. The third-order valence-corrected chi connectivity index (χ3v) is 5.10. The van der Waals surface area contributed by atoms with Gasteiger partial charge in [-0.25, -0.2) is 4.98 Å². The van der Waals surface area contributed by atoms with Crippen LogP contribution in [0.15, 0.2) is 42.6 Å². The van der Waals surface area contributed by atoms with Gasteiger partial charge >= 0.3 is 0 Å². The fourth-order valence-corrected chi connectivity index (χ4v) is 3.56. The van der Waals surface area contributed by atoms with Crippen molar-refractivity contribution in [1.29, 1.82) is 0 Å². The van der Waals surface area contributed by atoms with Crippen LogP contribution >= 0.6 is 0 Å². The van der Waals surface area contributed by atoms with Gasteiger partial charge in [0, 0.05) is 70.1 Å². The van der Waals surface area contributed by atoms with Crippen molar-refractivity contribution in [3.63, 3.8) is 0 Å². The molecule has 29 heavy (non-hydrogen) atoms. The van der Waals surface area contributed by atoms with Crippen molar-refractivity contribution >= 4 is 23.3 Å². The van der Waals surface area contributed by atoms with Crippen molar-refractivity contribution in [1.82, 2.24) is 15.6 Å². The highest BCUT2D eigenvalue weighted by Gasteiger charge is 2.21. The number of aryl methyl sites for hydroxylation is 1. The third kappa shape index (κ3) is 5.70. The summed E-state index contributed by atoms with van der Waals surface area (Å²) in [4.78, 5) is 32.2. The maximum absolute atomic E-state index is 12.0. The molecule has 0 aliphatic carbocycles. The zero-order valence-electron chi connectivity index (χ0n) is 17.1. The number of anilines is 2. The number of pyridine rings is 1. The highest BCUT2D eigenvalue weighted by molar-refractivity contribution is 5.78. The van der Waals surface area contributed by atoms with Gasteiger partial charge < -0.3 is 20.4 Å². The summed E-state index contributed by atoms with van der Waals surface area (Å²) in [6.45, 7) is 8.01. The average Bonchev–Trinajstić information content (AvgIpc) is 2.73. The molecule has 2 amide bonds. The molecule has 0 spiro atoms. The van der Waals surface area contributed by atoms with E-state index in [0.29, 0.717) is 13.1 Å². The molecule has 1 aliphatic heterocycles.